The second kappa shape index (κ2) is 6.12. The molecule has 0 radical (unpaired) electrons. The first-order chi connectivity index (χ1) is 11.0. The molecule has 7 heteroatoms. The molecule has 1 aromatic carbocycles. The number of benzene rings is 1. The molecular weight excluding hydrogens is 294 g/mol. The molecule has 1 atom stereocenters. The number of nitrogens with one attached hydrogen (secondary N) is 1. The predicted octanol–water partition coefficient (Wildman–Crippen LogP) is 1.39. The summed E-state index contributed by atoms with van der Waals surface area (Å²) in [5.74, 6) is 0.274. The Kier molecular flexibility index (Phi) is 4.01. The molecule has 1 N–H and O–H groups in total. The minimum atomic E-state index is -0.634. The van der Waals surface area contributed by atoms with E-state index in [0.717, 1.165) is 16.5 Å². The van der Waals surface area contributed by atoms with Gasteiger partial charge in [0.15, 0.2) is 6.10 Å². The highest BCUT2D eigenvalue weighted by Crippen LogP contribution is 2.24. The van der Waals surface area contributed by atoms with Gasteiger partial charge in [0.1, 0.15) is 0 Å². The maximum Gasteiger partial charge on any atom is 0.261 e. The third-order valence-electron chi connectivity index (χ3n) is 3.61. The van der Waals surface area contributed by atoms with Crippen LogP contribution in [0.1, 0.15) is 12.5 Å². The number of rotatable bonds is 5. The van der Waals surface area contributed by atoms with Crippen molar-refractivity contribution in [2.45, 2.75) is 19.6 Å². The van der Waals surface area contributed by atoms with E-state index in [1.165, 1.54) is 0 Å². The smallest absolute Gasteiger partial charge is 0.261 e. The lowest BCUT2D eigenvalue weighted by Crippen LogP contribution is -2.36. The third-order valence-corrected chi connectivity index (χ3v) is 3.61. The van der Waals surface area contributed by atoms with Crippen LogP contribution in [0.4, 0.5) is 0 Å². The fourth-order valence-electron chi connectivity index (χ4n) is 2.38. The summed E-state index contributed by atoms with van der Waals surface area (Å²) in [4.78, 5) is 12.2. The molecule has 0 spiro atoms. The van der Waals surface area contributed by atoms with Crippen molar-refractivity contribution in [3.05, 3.63) is 42.2 Å². The summed E-state index contributed by atoms with van der Waals surface area (Å²) in [6.07, 6.45) is 2.95. The molecule has 0 aliphatic rings. The van der Waals surface area contributed by atoms with Gasteiger partial charge in [0.05, 0.1) is 17.1 Å². The summed E-state index contributed by atoms with van der Waals surface area (Å²) >= 11 is 0. The van der Waals surface area contributed by atoms with Gasteiger partial charge in [-0.25, -0.2) is 0 Å². The number of carbonyl (C=O) groups excluding carboxylic acids is 1. The van der Waals surface area contributed by atoms with Crippen LogP contribution < -0.4 is 10.1 Å². The number of ether oxygens (including phenoxy) is 1. The van der Waals surface area contributed by atoms with E-state index in [-0.39, 0.29) is 5.91 Å². The average Bonchev–Trinajstić information content (AvgIpc) is 3.09. The van der Waals surface area contributed by atoms with Gasteiger partial charge in [0, 0.05) is 32.4 Å². The van der Waals surface area contributed by atoms with Crippen LogP contribution in [0.2, 0.25) is 0 Å². The number of hydrogen-bond donors (Lipinski definition) is 1. The van der Waals surface area contributed by atoms with E-state index in [9.17, 15) is 4.79 Å². The lowest BCUT2D eigenvalue weighted by Gasteiger charge is -2.12. The zero-order valence-corrected chi connectivity index (χ0v) is 13.4. The maximum absolute atomic E-state index is 12.2. The van der Waals surface area contributed by atoms with E-state index in [2.05, 4.69) is 15.5 Å². The Morgan fingerprint density at radius 3 is 2.87 bits per heavy atom. The van der Waals surface area contributed by atoms with Gasteiger partial charge < -0.3 is 10.1 Å². The van der Waals surface area contributed by atoms with E-state index in [4.69, 9.17) is 4.74 Å². The first kappa shape index (κ1) is 15.1. The van der Waals surface area contributed by atoms with E-state index in [0.29, 0.717) is 12.4 Å². The second-order valence-corrected chi connectivity index (χ2v) is 5.45. The summed E-state index contributed by atoms with van der Waals surface area (Å²) in [6.45, 7) is 2.13. The van der Waals surface area contributed by atoms with Crippen LogP contribution in [-0.4, -0.2) is 31.6 Å². The lowest BCUT2D eigenvalue weighted by molar-refractivity contribution is -0.127. The number of aromatic nitrogens is 4. The van der Waals surface area contributed by atoms with Gasteiger partial charge in [-0.1, -0.05) is 12.1 Å². The maximum atomic E-state index is 12.2. The summed E-state index contributed by atoms with van der Waals surface area (Å²) in [5, 5.41) is 12.1. The Morgan fingerprint density at radius 1 is 1.35 bits per heavy atom. The highest BCUT2D eigenvalue weighted by Gasteiger charge is 2.18. The van der Waals surface area contributed by atoms with E-state index in [1.54, 1.807) is 22.5 Å². The van der Waals surface area contributed by atoms with Crippen molar-refractivity contribution >= 4 is 16.8 Å². The number of fused-ring (bicyclic) bond motifs is 1. The molecule has 0 bridgehead atoms. The van der Waals surface area contributed by atoms with Crippen molar-refractivity contribution < 1.29 is 9.53 Å². The van der Waals surface area contributed by atoms with Crippen molar-refractivity contribution in [3.63, 3.8) is 0 Å². The van der Waals surface area contributed by atoms with Gasteiger partial charge in [-0.3, -0.25) is 14.2 Å². The van der Waals surface area contributed by atoms with Gasteiger partial charge in [0.25, 0.3) is 5.91 Å². The summed E-state index contributed by atoms with van der Waals surface area (Å²) in [6, 6.07) is 7.75. The average molecular weight is 313 g/mol. The standard InChI is InChI=1S/C16H19N5O2/c1-11(15(22)17-8-12-9-18-20(2)10-12)23-16-13-6-4-5-7-14(13)21(3)19-16/h4-7,9-11H,8H2,1-3H3,(H,17,22)/t11-/m1/s1. The first-order valence-corrected chi connectivity index (χ1v) is 7.38. The lowest BCUT2D eigenvalue weighted by atomic mass is 10.2. The van der Waals surface area contributed by atoms with Gasteiger partial charge >= 0.3 is 0 Å². The molecule has 7 nitrogen and oxygen atoms in total. The molecule has 2 heterocycles. The molecular formula is C16H19N5O2. The largest absolute Gasteiger partial charge is 0.463 e. The number of aryl methyl sites for hydroxylation is 2. The minimum Gasteiger partial charge on any atom is -0.463 e. The quantitative estimate of drug-likeness (QED) is 0.772. The Labute approximate surface area is 133 Å². The Morgan fingerprint density at radius 2 is 2.13 bits per heavy atom. The van der Waals surface area contributed by atoms with Crippen LogP contribution in [0, 0.1) is 0 Å². The summed E-state index contributed by atoms with van der Waals surface area (Å²) in [7, 11) is 3.69. The molecule has 3 aromatic rings. The minimum absolute atomic E-state index is 0.191. The predicted molar refractivity (Wildman–Crippen MR) is 85.9 cm³/mol. The molecule has 120 valence electrons. The molecule has 0 aliphatic heterocycles. The fraction of sp³-hybridized carbons (Fsp3) is 0.312. The van der Waals surface area contributed by atoms with Crippen LogP contribution >= 0.6 is 0 Å². The van der Waals surface area contributed by atoms with Crippen molar-refractivity contribution in [1.82, 2.24) is 24.9 Å². The van der Waals surface area contributed by atoms with Gasteiger partial charge in [0.2, 0.25) is 5.88 Å². The highest BCUT2D eigenvalue weighted by atomic mass is 16.5. The molecule has 2 aromatic heterocycles. The normalized spacial score (nSPS) is 12.3. The summed E-state index contributed by atoms with van der Waals surface area (Å²) in [5.41, 5.74) is 1.90. The monoisotopic (exact) mass is 313 g/mol. The van der Waals surface area contributed by atoms with Crippen LogP contribution in [-0.2, 0) is 25.4 Å². The number of carbonyl (C=O) groups is 1. The topological polar surface area (TPSA) is 74.0 Å². The van der Waals surface area contributed by atoms with Gasteiger partial charge in [-0.05, 0) is 19.1 Å². The van der Waals surface area contributed by atoms with Crippen LogP contribution in [0.25, 0.3) is 10.9 Å². The summed E-state index contributed by atoms with van der Waals surface area (Å²) < 4.78 is 9.18. The molecule has 0 saturated heterocycles. The Hall–Kier alpha value is -2.83. The molecule has 0 fully saturated rings. The first-order valence-electron chi connectivity index (χ1n) is 7.38. The van der Waals surface area contributed by atoms with Crippen LogP contribution in [0.5, 0.6) is 5.88 Å². The number of nitrogens with zero attached hydrogens (tertiary/aromatic N) is 4. The number of hydrogen-bond acceptors (Lipinski definition) is 4. The van der Waals surface area contributed by atoms with Crippen molar-refractivity contribution in [3.8, 4) is 5.88 Å². The number of para-hydroxylation sites is 1. The molecule has 23 heavy (non-hydrogen) atoms. The Balaban J connectivity index is 1.65. The fourth-order valence-corrected chi connectivity index (χ4v) is 2.38. The zero-order chi connectivity index (χ0) is 16.4. The zero-order valence-electron chi connectivity index (χ0n) is 13.4. The second-order valence-electron chi connectivity index (χ2n) is 5.45. The van der Waals surface area contributed by atoms with Crippen molar-refractivity contribution in [1.29, 1.82) is 0 Å². The van der Waals surface area contributed by atoms with Crippen molar-refractivity contribution in [2.75, 3.05) is 0 Å². The number of amides is 1. The molecule has 1 amide bonds. The van der Waals surface area contributed by atoms with Crippen LogP contribution in [0.15, 0.2) is 36.7 Å². The van der Waals surface area contributed by atoms with E-state index < -0.39 is 6.10 Å². The Bertz CT molecular complexity index is 836. The highest BCUT2D eigenvalue weighted by molar-refractivity contribution is 5.85. The third kappa shape index (κ3) is 3.18. The molecule has 0 saturated carbocycles. The van der Waals surface area contributed by atoms with E-state index in [1.807, 2.05) is 44.6 Å². The SMILES string of the molecule is C[C@@H](Oc1nn(C)c2ccccc12)C(=O)NCc1cnn(C)c1. The van der Waals surface area contributed by atoms with Gasteiger partial charge in [-0.15, -0.1) is 5.10 Å². The van der Waals surface area contributed by atoms with Crippen LogP contribution in [0.3, 0.4) is 0 Å². The molecule has 3 rings (SSSR count). The molecule has 0 aliphatic carbocycles. The molecule has 0 unspecified atom stereocenters. The van der Waals surface area contributed by atoms with Crippen molar-refractivity contribution in [2.24, 2.45) is 14.1 Å². The van der Waals surface area contributed by atoms with E-state index >= 15 is 0 Å². The van der Waals surface area contributed by atoms with Gasteiger partial charge in [-0.2, -0.15) is 5.10 Å².